The summed E-state index contributed by atoms with van der Waals surface area (Å²) >= 11 is 0. The van der Waals surface area contributed by atoms with Gasteiger partial charge in [0.05, 0.1) is 12.0 Å². The molecule has 1 atom stereocenters. The topological polar surface area (TPSA) is 75.6 Å². The van der Waals surface area contributed by atoms with Crippen LogP contribution in [0.2, 0.25) is 0 Å². The van der Waals surface area contributed by atoms with E-state index in [0.29, 0.717) is 5.56 Å². The Morgan fingerprint density at radius 3 is 2.00 bits per heavy atom. The van der Waals surface area contributed by atoms with E-state index in [9.17, 15) is 27.9 Å². The summed E-state index contributed by atoms with van der Waals surface area (Å²) in [6, 6.07) is 19.3. The largest absolute Gasteiger partial charge is 0.481 e. The predicted molar refractivity (Wildman–Crippen MR) is 119 cm³/mol. The SMILES string of the molecule is O=C(O)C[C@@H](Cc1ccc(C(F)(F)F)cc1)NC(=O)OCC1c2ccccc2-c2ccccc21. The van der Waals surface area contributed by atoms with Crippen molar-refractivity contribution in [1.82, 2.24) is 5.32 Å². The summed E-state index contributed by atoms with van der Waals surface area (Å²) in [6.07, 6.45) is -5.58. The molecule has 34 heavy (non-hydrogen) atoms. The van der Waals surface area contributed by atoms with Crippen LogP contribution in [0.15, 0.2) is 72.8 Å². The first kappa shape index (κ1) is 23.4. The van der Waals surface area contributed by atoms with Crippen LogP contribution in [0.25, 0.3) is 11.1 Å². The predicted octanol–water partition coefficient (Wildman–Crippen LogP) is 5.63. The molecule has 1 aliphatic carbocycles. The number of fused-ring (bicyclic) bond motifs is 3. The molecule has 1 amide bonds. The van der Waals surface area contributed by atoms with Crippen LogP contribution in [0, 0.1) is 0 Å². The highest BCUT2D eigenvalue weighted by atomic mass is 19.4. The van der Waals surface area contributed by atoms with Gasteiger partial charge in [0, 0.05) is 12.0 Å². The van der Waals surface area contributed by atoms with Gasteiger partial charge in [0.25, 0.3) is 0 Å². The van der Waals surface area contributed by atoms with Crippen molar-refractivity contribution < 1.29 is 32.6 Å². The number of amides is 1. The summed E-state index contributed by atoms with van der Waals surface area (Å²) in [6.45, 7) is 0.0694. The quantitative estimate of drug-likeness (QED) is 0.470. The number of carboxylic acids is 1. The Morgan fingerprint density at radius 1 is 0.912 bits per heavy atom. The number of rotatable bonds is 7. The van der Waals surface area contributed by atoms with E-state index >= 15 is 0 Å². The van der Waals surface area contributed by atoms with Crippen LogP contribution in [0.3, 0.4) is 0 Å². The molecule has 2 N–H and O–H groups in total. The molecule has 0 bridgehead atoms. The van der Waals surface area contributed by atoms with E-state index in [2.05, 4.69) is 5.32 Å². The lowest BCUT2D eigenvalue weighted by molar-refractivity contribution is -0.138. The average Bonchev–Trinajstić information content (AvgIpc) is 3.11. The minimum atomic E-state index is -4.46. The molecule has 3 aromatic carbocycles. The van der Waals surface area contributed by atoms with E-state index in [-0.39, 0.29) is 18.9 Å². The van der Waals surface area contributed by atoms with Gasteiger partial charge >= 0.3 is 18.2 Å². The van der Waals surface area contributed by atoms with Gasteiger partial charge in [0.15, 0.2) is 0 Å². The number of hydrogen-bond donors (Lipinski definition) is 2. The van der Waals surface area contributed by atoms with Gasteiger partial charge in [-0.3, -0.25) is 4.79 Å². The molecule has 1 aliphatic rings. The highest BCUT2D eigenvalue weighted by Crippen LogP contribution is 2.44. The molecule has 0 aromatic heterocycles. The highest BCUT2D eigenvalue weighted by Gasteiger charge is 2.31. The average molecular weight is 469 g/mol. The van der Waals surface area contributed by atoms with E-state index in [0.717, 1.165) is 34.4 Å². The van der Waals surface area contributed by atoms with E-state index in [1.165, 1.54) is 12.1 Å². The first-order chi connectivity index (χ1) is 16.2. The van der Waals surface area contributed by atoms with Crippen LogP contribution in [0.5, 0.6) is 0 Å². The molecule has 3 aromatic rings. The molecule has 0 aliphatic heterocycles. The zero-order chi connectivity index (χ0) is 24.3. The maximum Gasteiger partial charge on any atom is 0.416 e. The van der Waals surface area contributed by atoms with E-state index < -0.39 is 36.3 Å². The van der Waals surface area contributed by atoms with Gasteiger partial charge in [-0.2, -0.15) is 13.2 Å². The molecular formula is C26H22F3NO4. The van der Waals surface area contributed by atoms with Crippen LogP contribution < -0.4 is 5.32 Å². The fraction of sp³-hybridized carbons (Fsp3) is 0.231. The van der Waals surface area contributed by atoms with Gasteiger partial charge in [-0.1, -0.05) is 60.7 Å². The number of carbonyl (C=O) groups is 2. The van der Waals surface area contributed by atoms with Gasteiger partial charge in [-0.05, 0) is 46.4 Å². The molecule has 4 rings (SSSR count). The first-order valence-electron chi connectivity index (χ1n) is 10.7. The molecule has 0 unspecified atom stereocenters. The molecule has 0 saturated heterocycles. The fourth-order valence-corrected chi connectivity index (χ4v) is 4.31. The number of halogens is 3. The third-order valence-corrected chi connectivity index (χ3v) is 5.85. The number of ether oxygens (including phenoxy) is 1. The molecule has 0 radical (unpaired) electrons. The van der Waals surface area contributed by atoms with Crippen molar-refractivity contribution >= 4 is 12.1 Å². The monoisotopic (exact) mass is 469 g/mol. The zero-order valence-corrected chi connectivity index (χ0v) is 18.0. The van der Waals surface area contributed by atoms with Gasteiger partial charge in [-0.25, -0.2) is 4.79 Å². The Morgan fingerprint density at radius 2 is 1.47 bits per heavy atom. The molecule has 0 saturated carbocycles. The third kappa shape index (κ3) is 5.22. The van der Waals surface area contributed by atoms with Crippen LogP contribution in [-0.4, -0.2) is 29.8 Å². The Kier molecular flexibility index (Phi) is 6.58. The number of hydrogen-bond acceptors (Lipinski definition) is 3. The standard InChI is InChI=1S/C26H22F3NO4/c27-26(28,29)17-11-9-16(10-12-17)13-18(14-24(31)32)30-25(33)34-15-23-21-7-3-1-5-19(21)20-6-2-4-8-22(20)23/h1-12,18,23H,13-15H2,(H,30,33)(H,31,32)/t18-/m1/s1. The molecule has 0 heterocycles. The van der Waals surface area contributed by atoms with Crippen LogP contribution >= 0.6 is 0 Å². The molecule has 0 fully saturated rings. The van der Waals surface area contributed by atoms with Crippen molar-refractivity contribution in [3.8, 4) is 11.1 Å². The highest BCUT2D eigenvalue weighted by molar-refractivity contribution is 5.79. The van der Waals surface area contributed by atoms with Crippen LogP contribution in [0.1, 0.15) is 34.6 Å². The lowest BCUT2D eigenvalue weighted by Gasteiger charge is -2.19. The Hall–Kier alpha value is -3.81. The fourth-order valence-electron chi connectivity index (χ4n) is 4.31. The van der Waals surface area contributed by atoms with Crippen molar-refractivity contribution in [2.24, 2.45) is 0 Å². The number of benzene rings is 3. The molecule has 8 heteroatoms. The van der Waals surface area contributed by atoms with Gasteiger partial charge in [-0.15, -0.1) is 0 Å². The van der Waals surface area contributed by atoms with Gasteiger partial charge in [0.1, 0.15) is 6.61 Å². The summed E-state index contributed by atoms with van der Waals surface area (Å²) in [4.78, 5) is 23.8. The Balaban J connectivity index is 1.41. The zero-order valence-electron chi connectivity index (χ0n) is 18.0. The Bertz CT molecular complexity index is 1150. The maximum atomic E-state index is 12.8. The normalized spacial score (nSPS) is 13.6. The third-order valence-electron chi connectivity index (χ3n) is 5.85. The summed E-state index contributed by atoms with van der Waals surface area (Å²) in [7, 11) is 0. The second kappa shape index (κ2) is 9.59. The summed E-state index contributed by atoms with van der Waals surface area (Å²) in [5.41, 5.74) is 3.93. The molecular weight excluding hydrogens is 447 g/mol. The second-order valence-electron chi connectivity index (χ2n) is 8.16. The number of nitrogens with one attached hydrogen (secondary N) is 1. The summed E-state index contributed by atoms with van der Waals surface area (Å²) < 4.78 is 43.8. The van der Waals surface area contributed by atoms with Crippen LogP contribution in [-0.2, 0) is 22.1 Å². The van der Waals surface area contributed by atoms with E-state index in [1.807, 2.05) is 48.5 Å². The van der Waals surface area contributed by atoms with Gasteiger partial charge in [0.2, 0.25) is 0 Å². The first-order valence-corrected chi connectivity index (χ1v) is 10.7. The van der Waals surface area contributed by atoms with Crippen LogP contribution in [0.4, 0.5) is 18.0 Å². The van der Waals surface area contributed by atoms with E-state index in [4.69, 9.17) is 4.74 Å². The van der Waals surface area contributed by atoms with Crippen molar-refractivity contribution in [1.29, 1.82) is 0 Å². The number of carboxylic acid groups (broad SMARTS) is 1. The van der Waals surface area contributed by atoms with Crippen molar-refractivity contribution in [2.75, 3.05) is 6.61 Å². The molecule has 5 nitrogen and oxygen atoms in total. The second-order valence-corrected chi connectivity index (χ2v) is 8.16. The molecule has 0 spiro atoms. The summed E-state index contributed by atoms with van der Waals surface area (Å²) in [5.74, 6) is -1.29. The van der Waals surface area contributed by atoms with Crippen molar-refractivity contribution in [3.63, 3.8) is 0 Å². The van der Waals surface area contributed by atoms with E-state index in [1.54, 1.807) is 0 Å². The number of aliphatic carboxylic acids is 1. The Labute approximate surface area is 194 Å². The number of alkyl halides is 3. The lowest BCUT2D eigenvalue weighted by Crippen LogP contribution is -2.39. The lowest BCUT2D eigenvalue weighted by atomic mass is 9.98. The summed E-state index contributed by atoms with van der Waals surface area (Å²) in [5, 5.41) is 11.8. The minimum Gasteiger partial charge on any atom is -0.481 e. The maximum absolute atomic E-state index is 12.8. The van der Waals surface area contributed by atoms with Crippen molar-refractivity contribution in [3.05, 3.63) is 95.1 Å². The smallest absolute Gasteiger partial charge is 0.416 e. The van der Waals surface area contributed by atoms with Gasteiger partial charge < -0.3 is 15.2 Å². The molecule has 176 valence electrons. The minimum absolute atomic E-state index is 0.0502. The number of carbonyl (C=O) groups excluding carboxylic acids is 1. The van der Waals surface area contributed by atoms with Crippen molar-refractivity contribution in [2.45, 2.75) is 31.0 Å². The number of alkyl carbamates (subject to hydrolysis) is 1.